The van der Waals surface area contributed by atoms with E-state index < -0.39 is 0 Å². The van der Waals surface area contributed by atoms with E-state index in [1.165, 1.54) is 30.4 Å². The van der Waals surface area contributed by atoms with Crippen LogP contribution in [0.1, 0.15) is 55.7 Å². The lowest BCUT2D eigenvalue weighted by molar-refractivity contribution is 0.619. The quantitative estimate of drug-likeness (QED) is 0.651. The van der Waals surface area contributed by atoms with Crippen molar-refractivity contribution in [3.8, 4) is 0 Å². The SMILES string of the molecule is CCCCC(C)c1c(C)cccc1C. The van der Waals surface area contributed by atoms with Crippen molar-refractivity contribution >= 4 is 0 Å². The minimum atomic E-state index is 0.719. The van der Waals surface area contributed by atoms with E-state index >= 15 is 0 Å². The monoisotopic (exact) mass is 190 g/mol. The summed E-state index contributed by atoms with van der Waals surface area (Å²) in [6.45, 7) is 9.07. The molecule has 0 aliphatic heterocycles. The zero-order chi connectivity index (χ0) is 10.6. The topological polar surface area (TPSA) is 0 Å². The first kappa shape index (κ1) is 11.3. The van der Waals surface area contributed by atoms with E-state index in [1.807, 2.05) is 0 Å². The molecule has 14 heavy (non-hydrogen) atoms. The zero-order valence-corrected chi connectivity index (χ0v) is 9.93. The van der Waals surface area contributed by atoms with E-state index in [0.29, 0.717) is 0 Å². The van der Waals surface area contributed by atoms with Gasteiger partial charge in [0.2, 0.25) is 0 Å². The average molecular weight is 190 g/mol. The second-order valence-corrected chi connectivity index (χ2v) is 4.35. The van der Waals surface area contributed by atoms with Crippen molar-refractivity contribution in [1.29, 1.82) is 0 Å². The van der Waals surface area contributed by atoms with Crippen molar-refractivity contribution in [2.75, 3.05) is 0 Å². The Morgan fingerprint density at radius 1 is 1.14 bits per heavy atom. The summed E-state index contributed by atoms with van der Waals surface area (Å²) in [6.07, 6.45) is 3.96. The number of benzene rings is 1. The van der Waals surface area contributed by atoms with Crippen LogP contribution in [0.5, 0.6) is 0 Å². The predicted molar refractivity (Wildman–Crippen MR) is 63.9 cm³/mol. The van der Waals surface area contributed by atoms with Gasteiger partial charge in [-0.25, -0.2) is 0 Å². The molecule has 0 nitrogen and oxygen atoms in total. The molecular weight excluding hydrogens is 168 g/mol. The van der Waals surface area contributed by atoms with E-state index in [0.717, 1.165) is 5.92 Å². The van der Waals surface area contributed by atoms with Crippen LogP contribution in [0.15, 0.2) is 18.2 Å². The molecule has 1 aromatic rings. The molecule has 0 spiro atoms. The molecule has 1 unspecified atom stereocenters. The van der Waals surface area contributed by atoms with Gasteiger partial charge in [0.25, 0.3) is 0 Å². The van der Waals surface area contributed by atoms with Gasteiger partial charge in [0.05, 0.1) is 0 Å². The van der Waals surface area contributed by atoms with Gasteiger partial charge in [-0.2, -0.15) is 0 Å². The highest BCUT2D eigenvalue weighted by Crippen LogP contribution is 2.27. The Balaban J connectivity index is 2.82. The molecule has 0 saturated carbocycles. The van der Waals surface area contributed by atoms with Gasteiger partial charge in [0, 0.05) is 0 Å². The molecular formula is C14H22. The van der Waals surface area contributed by atoms with E-state index in [-0.39, 0.29) is 0 Å². The van der Waals surface area contributed by atoms with Crippen LogP contribution in [0.4, 0.5) is 0 Å². The molecule has 78 valence electrons. The minimum absolute atomic E-state index is 0.719. The van der Waals surface area contributed by atoms with Crippen LogP contribution in [-0.2, 0) is 0 Å². The molecule has 0 heterocycles. The summed E-state index contributed by atoms with van der Waals surface area (Å²) in [4.78, 5) is 0. The summed E-state index contributed by atoms with van der Waals surface area (Å²) in [5.74, 6) is 0.719. The molecule has 1 aromatic carbocycles. The Hall–Kier alpha value is -0.780. The molecule has 0 aromatic heterocycles. The van der Waals surface area contributed by atoms with Crippen molar-refractivity contribution in [1.82, 2.24) is 0 Å². The molecule has 0 N–H and O–H groups in total. The fourth-order valence-corrected chi connectivity index (χ4v) is 2.26. The van der Waals surface area contributed by atoms with E-state index in [2.05, 4.69) is 45.9 Å². The van der Waals surface area contributed by atoms with Crippen LogP contribution in [-0.4, -0.2) is 0 Å². The van der Waals surface area contributed by atoms with Gasteiger partial charge < -0.3 is 0 Å². The Labute approximate surface area is 88.4 Å². The number of hydrogen-bond acceptors (Lipinski definition) is 0. The molecule has 0 heteroatoms. The molecule has 0 bridgehead atoms. The van der Waals surface area contributed by atoms with Crippen LogP contribution >= 0.6 is 0 Å². The molecule has 0 amide bonds. The van der Waals surface area contributed by atoms with Gasteiger partial charge in [-0.15, -0.1) is 0 Å². The van der Waals surface area contributed by atoms with Crippen molar-refractivity contribution in [3.05, 3.63) is 34.9 Å². The van der Waals surface area contributed by atoms with Crippen molar-refractivity contribution in [2.45, 2.75) is 52.9 Å². The van der Waals surface area contributed by atoms with Gasteiger partial charge in [-0.3, -0.25) is 0 Å². The van der Waals surface area contributed by atoms with E-state index in [1.54, 1.807) is 5.56 Å². The van der Waals surface area contributed by atoms with Gasteiger partial charge in [0.1, 0.15) is 0 Å². The van der Waals surface area contributed by atoms with Crippen LogP contribution in [0.25, 0.3) is 0 Å². The number of rotatable bonds is 4. The van der Waals surface area contributed by atoms with Crippen molar-refractivity contribution < 1.29 is 0 Å². The summed E-state index contributed by atoms with van der Waals surface area (Å²) in [6, 6.07) is 6.61. The second kappa shape index (κ2) is 5.19. The summed E-state index contributed by atoms with van der Waals surface area (Å²) in [5.41, 5.74) is 4.48. The lowest BCUT2D eigenvalue weighted by atomic mass is 9.89. The molecule has 0 saturated heterocycles. The fourth-order valence-electron chi connectivity index (χ4n) is 2.26. The largest absolute Gasteiger partial charge is 0.0654 e. The van der Waals surface area contributed by atoms with Crippen molar-refractivity contribution in [3.63, 3.8) is 0 Å². The third-order valence-corrected chi connectivity index (χ3v) is 3.03. The smallest absolute Gasteiger partial charge is 0.0185 e. The first-order valence-electron chi connectivity index (χ1n) is 5.73. The fraction of sp³-hybridized carbons (Fsp3) is 0.571. The summed E-state index contributed by atoms with van der Waals surface area (Å²) < 4.78 is 0. The van der Waals surface area contributed by atoms with Gasteiger partial charge in [-0.1, -0.05) is 44.9 Å². The van der Waals surface area contributed by atoms with Gasteiger partial charge >= 0.3 is 0 Å². The van der Waals surface area contributed by atoms with Gasteiger partial charge in [-0.05, 0) is 42.9 Å². The normalized spacial score (nSPS) is 12.9. The molecule has 1 rings (SSSR count). The zero-order valence-electron chi connectivity index (χ0n) is 9.93. The predicted octanol–water partition coefficient (Wildman–Crippen LogP) is 4.60. The van der Waals surface area contributed by atoms with E-state index in [9.17, 15) is 0 Å². The van der Waals surface area contributed by atoms with Gasteiger partial charge in [0.15, 0.2) is 0 Å². The standard InChI is InChI=1S/C14H22/c1-5-6-8-11(2)14-12(3)9-7-10-13(14)4/h7,9-11H,5-6,8H2,1-4H3. The number of hydrogen-bond donors (Lipinski definition) is 0. The summed E-state index contributed by atoms with van der Waals surface area (Å²) >= 11 is 0. The Bertz CT molecular complexity index is 266. The van der Waals surface area contributed by atoms with Crippen LogP contribution < -0.4 is 0 Å². The molecule has 0 aliphatic carbocycles. The average Bonchev–Trinajstić information content (AvgIpc) is 2.14. The lowest BCUT2D eigenvalue weighted by Gasteiger charge is -2.17. The maximum Gasteiger partial charge on any atom is -0.0185 e. The Kier molecular flexibility index (Phi) is 4.19. The highest BCUT2D eigenvalue weighted by atomic mass is 14.1. The molecule has 0 aliphatic rings. The maximum atomic E-state index is 2.35. The Morgan fingerprint density at radius 2 is 1.71 bits per heavy atom. The van der Waals surface area contributed by atoms with Crippen LogP contribution in [0.2, 0.25) is 0 Å². The Morgan fingerprint density at radius 3 is 2.21 bits per heavy atom. The lowest BCUT2D eigenvalue weighted by Crippen LogP contribution is -1.99. The molecule has 0 fully saturated rings. The molecule has 1 atom stereocenters. The summed E-state index contributed by atoms with van der Waals surface area (Å²) in [5, 5.41) is 0. The van der Waals surface area contributed by atoms with Crippen LogP contribution in [0.3, 0.4) is 0 Å². The summed E-state index contributed by atoms with van der Waals surface area (Å²) in [7, 11) is 0. The first-order chi connectivity index (χ1) is 6.66. The third kappa shape index (κ3) is 2.60. The molecule has 0 radical (unpaired) electrons. The maximum absolute atomic E-state index is 2.35. The number of aryl methyl sites for hydroxylation is 2. The third-order valence-electron chi connectivity index (χ3n) is 3.03. The first-order valence-corrected chi connectivity index (χ1v) is 5.73. The highest BCUT2D eigenvalue weighted by Gasteiger charge is 2.09. The van der Waals surface area contributed by atoms with Crippen molar-refractivity contribution in [2.24, 2.45) is 0 Å². The van der Waals surface area contributed by atoms with E-state index in [4.69, 9.17) is 0 Å². The minimum Gasteiger partial charge on any atom is -0.0654 e. The number of unbranched alkanes of at least 4 members (excludes halogenated alkanes) is 1. The van der Waals surface area contributed by atoms with Crippen LogP contribution in [0, 0.1) is 13.8 Å². The highest BCUT2D eigenvalue weighted by molar-refractivity contribution is 5.36. The second-order valence-electron chi connectivity index (χ2n) is 4.35.